The number of anilines is 1. The minimum absolute atomic E-state index is 0.111. The van der Waals surface area contributed by atoms with E-state index in [0.717, 1.165) is 57.0 Å². The number of benzene rings is 1. The van der Waals surface area contributed by atoms with Gasteiger partial charge in [-0.05, 0) is 43.9 Å². The molecule has 26 heavy (non-hydrogen) atoms. The topological polar surface area (TPSA) is 41.3 Å². The van der Waals surface area contributed by atoms with E-state index >= 15 is 0 Å². The Morgan fingerprint density at radius 3 is 2.73 bits per heavy atom. The van der Waals surface area contributed by atoms with Crippen LogP contribution in [-0.4, -0.2) is 28.0 Å². The Morgan fingerprint density at radius 2 is 1.96 bits per heavy atom. The molecule has 1 N–H and O–H groups in total. The van der Waals surface area contributed by atoms with Crippen molar-refractivity contribution < 1.29 is 13.9 Å². The van der Waals surface area contributed by atoms with Gasteiger partial charge in [-0.15, -0.1) is 0 Å². The van der Waals surface area contributed by atoms with Crippen LogP contribution in [-0.2, 0) is 6.54 Å². The first kappa shape index (κ1) is 17.5. The predicted molar refractivity (Wildman–Crippen MR) is 95.9 cm³/mol. The molecule has 1 saturated carbocycles. The van der Waals surface area contributed by atoms with E-state index in [1.165, 1.54) is 12.1 Å². The van der Waals surface area contributed by atoms with Gasteiger partial charge < -0.3 is 10.0 Å². The fourth-order valence-electron chi connectivity index (χ4n) is 4.63. The summed E-state index contributed by atoms with van der Waals surface area (Å²) in [6.45, 7) is 1.62. The molecule has 0 amide bonds. The van der Waals surface area contributed by atoms with E-state index in [0.29, 0.717) is 12.1 Å². The summed E-state index contributed by atoms with van der Waals surface area (Å²) in [4.78, 5) is 2.13. The van der Waals surface area contributed by atoms with Crippen molar-refractivity contribution in [3.63, 3.8) is 0 Å². The third kappa shape index (κ3) is 3.11. The predicted octanol–water partition coefficient (Wildman–Crippen LogP) is 4.06. The highest BCUT2D eigenvalue weighted by Gasteiger charge is 2.36. The average Bonchev–Trinajstić information content (AvgIpc) is 3.38. The Bertz CT molecular complexity index is 770. The smallest absolute Gasteiger partial charge is 0.128 e. The Labute approximate surface area is 152 Å². The lowest BCUT2D eigenvalue weighted by atomic mass is 9.87. The summed E-state index contributed by atoms with van der Waals surface area (Å²) in [7, 11) is 0. The molecule has 1 aromatic heterocycles. The SMILES string of the molecule is OCC1(Cn2nccc2N2CCC[C@@H]2c2cc(F)ccc2F)CCCC1. The van der Waals surface area contributed by atoms with Crippen molar-refractivity contribution in [3.8, 4) is 0 Å². The molecule has 0 radical (unpaired) electrons. The van der Waals surface area contributed by atoms with E-state index in [9.17, 15) is 13.9 Å². The van der Waals surface area contributed by atoms with Crippen LogP contribution in [0.1, 0.15) is 50.1 Å². The molecule has 0 spiro atoms. The second kappa shape index (κ2) is 6.99. The lowest BCUT2D eigenvalue weighted by Crippen LogP contribution is -2.32. The zero-order chi connectivity index (χ0) is 18.1. The van der Waals surface area contributed by atoms with Crippen molar-refractivity contribution in [3.05, 3.63) is 47.7 Å². The number of aliphatic hydroxyl groups is 1. The van der Waals surface area contributed by atoms with Gasteiger partial charge in [-0.2, -0.15) is 5.10 Å². The quantitative estimate of drug-likeness (QED) is 0.873. The normalized spacial score (nSPS) is 22.3. The molecular formula is C20H25F2N3O. The Balaban J connectivity index is 1.63. The van der Waals surface area contributed by atoms with Gasteiger partial charge in [0.15, 0.2) is 0 Å². The fourth-order valence-corrected chi connectivity index (χ4v) is 4.63. The zero-order valence-electron chi connectivity index (χ0n) is 14.9. The van der Waals surface area contributed by atoms with Gasteiger partial charge in [0.1, 0.15) is 17.5 Å². The molecule has 2 aliphatic rings. The molecule has 4 nitrogen and oxygen atoms in total. The molecule has 1 aliphatic heterocycles. The van der Waals surface area contributed by atoms with Gasteiger partial charge in [-0.3, -0.25) is 0 Å². The van der Waals surface area contributed by atoms with Crippen LogP contribution in [0, 0.1) is 17.0 Å². The van der Waals surface area contributed by atoms with Crippen LogP contribution in [0.2, 0.25) is 0 Å². The summed E-state index contributed by atoms with van der Waals surface area (Å²) in [5, 5.41) is 14.4. The second-order valence-corrected chi connectivity index (χ2v) is 7.73. The molecular weight excluding hydrogens is 336 g/mol. The van der Waals surface area contributed by atoms with Crippen molar-refractivity contribution in [1.29, 1.82) is 0 Å². The monoisotopic (exact) mass is 361 g/mol. The summed E-state index contributed by atoms with van der Waals surface area (Å²) in [5.41, 5.74) is 0.299. The highest BCUT2D eigenvalue weighted by Crippen LogP contribution is 2.42. The molecule has 1 atom stereocenters. The van der Waals surface area contributed by atoms with Crippen LogP contribution >= 0.6 is 0 Å². The third-order valence-corrected chi connectivity index (χ3v) is 6.04. The van der Waals surface area contributed by atoms with E-state index in [1.807, 2.05) is 10.7 Å². The maximum absolute atomic E-state index is 14.3. The Morgan fingerprint density at radius 1 is 1.15 bits per heavy atom. The van der Waals surface area contributed by atoms with Crippen molar-refractivity contribution in [2.75, 3.05) is 18.1 Å². The van der Waals surface area contributed by atoms with E-state index in [4.69, 9.17) is 0 Å². The van der Waals surface area contributed by atoms with E-state index in [2.05, 4.69) is 10.00 Å². The van der Waals surface area contributed by atoms with Gasteiger partial charge in [0.25, 0.3) is 0 Å². The maximum Gasteiger partial charge on any atom is 0.128 e. The molecule has 6 heteroatoms. The van der Waals surface area contributed by atoms with Gasteiger partial charge in [0.2, 0.25) is 0 Å². The van der Waals surface area contributed by atoms with Crippen LogP contribution in [0.3, 0.4) is 0 Å². The highest BCUT2D eigenvalue weighted by atomic mass is 19.1. The molecule has 1 aliphatic carbocycles. The van der Waals surface area contributed by atoms with Crippen LogP contribution in [0.25, 0.3) is 0 Å². The first-order chi connectivity index (χ1) is 12.6. The number of hydrogen-bond donors (Lipinski definition) is 1. The Kier molecular flexibility index (Phi) is 4.69. The summed E-state index contributed by atoms with van der Waals surface area (Å²) >= 11 is 0. The molecule has 2 fully saturated rings. The molecule has 0 unspecified atom stereocenters. The van der Waals surface area contributed by atoms with Crippen molar-refractivity contribution in [1.82, 2.24) is 9.78 Å². The van der Waals surface area contributed by atoms with E-state index in [-0.39, 0.29) is 23.9 Å². The standard InChI is InChI=1S/C20H25F2N3O/c21-15-5-6-17(22)16(12-15)18-4-3-11-24(18)19-7-10-23-25(19)13-20(14-26)8-1-2-9-20/h5-7,10,12,18,26H,1-4,8-9,11,13-14H2/t18-/m1/s1. The van der Waals surface area contributed by atoms with Gasteiger partial charge >= 0.3 is 0 Å². The van der Waals surface area contributed by atoms with Crippen molar-refractivity contribution >= 4 is 5.82 Å². The fraction of sp³-hybridized carbons (Fsp3) is 0.550. The Hall–Kier alpha value is -1.95. The summed E-state index contributed by atoms with van der Waals surface area (Å²) in [6, 6.07) is 5.43. The van der Waals surface area contributed by atoms with Crippen LogP contribution in [0.4, 0.5) is 14.6 Å². The third-order valence-electron chi connectivity index (χ3n) is 6.04. The number of hydrogen-bond acceptors (Lipinski definition) is 3. The van der Waals surface area contributed by atoms with Gasteiger partial charge in [0.05, 0.1) is 25.4 Å². The summed E-state index contributed by atoms with van der Waals surface area (Å²) in [5.74, 6) is 0.153. The average molecular weight is 361 g/mol. The summed E-state index contributed by atoms with van der Waals surface area (Å²) in [6.07, 6.45) is 7.76. The number of rotatable bonds is 5. The first-order valence-corrected chi connectivity index (χ1v) is 9.46. The number of aromatic nitrogens is 2. The maximum atomic E-state index is 14.3. The van der Waals surface area contributed by atoms with Gasteiger partial charge in [-0.1, -0.05) is 12.8 Å². The largest absolute Gasteiger partial charge is 0.396 e. The first-order valence-electron chi connectivity index (χ1n) is 9.46. The molecule has 1 aromatic carbocycles. The number of aliphatic hydroxyl groups excluding tert-OH is 1. The highest BCUT2D eigenvalue weighted by molar-refractivity contribution is 5.44. The van der Waals surface area contributed by atoms with Crippen LogP contribution < -0.4 is 4.90 Å². The molecule has 0 bridgehead atoms. The minimum atomic E-state index is -0.410. The van der Waals surface area contributed by atoms with Crippen LogP contribution in [0.15, 0.2) is 30.5 Å². The minimum Gasteiger partial charge on any atom is -0.396 e. The lowest BCUT2D eigenvalue weighted by molar-refractivity contribution is 0.107. The second-order valence-electron chi connectivity index (χ2n) is 7.73. The molecule has 140 valence electrons. The molecule has 2 heterocycles. The van der Waals surface area contributed by atoms with Crippen LogP contribution in [0.5, 0.6) is 0 Å². The van der Waals surface area contributed by atoms with E-state index < -0.39 is 5.82 Å². The number of nitrogens with zero attached hydrogens (tertiary/aromatic N) is 3. The van der Waals surface area contributed by atoms with E-state index in [1.54, 1.807) is 6.20 Å². The molecule has 2 aromatic rings. The van der Waals surface area contributed by atoms with Crippen molar-refractivity contribution in [2.24, 2.45) is 5.41 Å². The number of halogens is 2. The zero-order valence-corrected chi connectivity index (χ0v) is 14.9. The molecule has 4 rings (SSSR count). The van der Waals surface area contributed by atoms with Gasteiger partial charge in [-0.25, -0.2) is 13.5 Å². The molecule has 1 saturated heterocycles. The van der Waals surface area contributed by atoms with Gasteiger partial charge in [0, 0.05) is 23.6 Å². The summed E-state index contributed by atoms with van der Waals surface area (Å²) < 4.78 is 30.0. The lowest BCUT2D eigenvalue weighted by Gasteiger charge is -2.31. The van der Waals surface area contributed by atoms with Crippen molar-refractivity contribution in [2.45, 2.75) is 51.1 Å².